The van der Waals surface area contributed by atoms with Crippen LogP contribution in [-0.4, -0.2) is 18.8 Å². The summed E-state index contributed by atoms with van der Waals surface area (Å²) in [5.41, 5.74) is 2.10. The molecule has 3 nitrogen and oxygen atoms in total. The highest BCUT2D eigenvalue weighted by molar-refractivity contribution is 7.10. The SMILES string of the molecule is COc1ccc(COCc2cc(C#CCCO)cs2)cc1. The molecular weight excluding hydrogens is 284 g/mol. The zero-order valence-corrected chi connectivity index (χ0v) is 12.8. The first-order valence-corrected chi connectivity index (χ1v) is 7.57. The van der Waals surface area contributed by atoms with Gasteiger partial charge in [-0.05, 0) is 23.8 Å². The fourth-order valence-electron chi connectivity index (χ4n) is 1.73. The lowest BCUT2D eigenvalue weighted by atomic mass is 10.2. The molecule has 0 spiro atoms. The summed E-state index contributed by atoms with van der Waals surface area (Å²) < 4.78 is 10.8. The van der Waals surface area contributed by atoms with Crippen LogP contribution in [0.4, 0.5) is 0 Å². The lowest BCUT2D eigenvalue weighted by Gasteiger charge is -2.04. The molecule has 0 radical (unpaired) electrons. The van der Waals surface area contributed by atoms with Crippen LogP contribution in [-0.2, 0) is 18.0 Å². The number of rotatable bonds is 6. The minimum Gasteiger partial charge on any atom is -0.497 e. The van der Waals surface area contributed by atoms with Crippen molar-refractivity contribution < 1.29 is 14.6 Å². The molecule has 1 N–H and O–H groups in total. The van der Waals surface area contributed by atoms with E-state index in [1.54, 1.807) is 18.4 Å². The third-order valence-electron chi connectivity index (χ3n) is 2.80. The summed E-state index contributed by atoms with van der Waals surface area (Å²) in [7, 11) is 1.66. The van der Waals surface area contributed by atoms with Crippen LogP contribution in [0.3, 0.4) is 0 Å². The first-order valence-electron chi connectivity index (χ1n) is 6.69. The third kappa shape index (κ3) is 5.24. The van der Waals surface area contributed by atoms with E-state index >= 15 is 0 Å². The Morgan fingerprint density at radius 1 is 1.19 bits per heavy atom. The molecule has 0 saturated carbocycles. The fourth-order valence-corrected chi connectivity index (χ4v) is 2.49. The van der Waals surface area contributed by atoms with Crippen LogP contribution in [0.1, 0.15) is 22.4 Å². The summed E-state index contributed by atoms with van der Waals surface area (Å²) >= 11 is 1.64. The Morgan fingerprint density at radius 3 is 2.71 bits per heavy atom. The molecule has 110 valence electrons. The van der Waals surface area contributed by atoms with Crippen molar-refractivity contribution in [3.8, 4) is 17.6 Å². The van der Waals surface area contributed by atoms with Gasteiger partial charge in [0.1, 0.15) is 5.75 Å². The number of aliphatic hydroxyl groups excluding tert-OH is 1. The Labute approximate surface area is 129 Å². The van der Waals surface area contributed by atoms with E-state index in [2.05, 4.69) is 11.8 Å². The predicted molar refractivity (Wildman–Crippen MR) is 84.4 cm³/mol. The Hall–Kier alpha value is -1.80. The summed E-state index contributed by atoms with van der Waals surface area (Å²) in [6.07, 6.45) is 0.513. The van der Waals surface area contributed by atoms with E-state index in [0.29, 0.717) is 19.6 Å². The maximum atomic E-state index is 8.68. The van der Waals surface area contributed by atoms with Crippen molar-refractivity contribution in [2.24, 2.45) is 0 Å². The van der Waals surface area contributed by atoms with Gasteiger partial charge in [0.2, 0.25) is 0 Å². The lowest BCUT2D eigenvalue weighted by Crippen LogP contribution is -1.92. The Morgan fingerprint density at radius 2 is 2.00 bits per heavy atom. The van der Waals surface area contributed by atoms with Crippen LogP contribution >= 0.6 is 11.3 Å². The summed E-state index contributed by atoms with van der Waals surface area (Å²) in [5.74, 6) is 6.78. The van der Waals surface area contributed by atoms with Crippen molar-refractivity contribution in [3.63, 3.8) is 0 Å². The maximum Gasteiger partial charge on any atom is 0.118 e. The Bertz CT molecular complexity index is 605. The molecule has 0 atom stereocenters. The van der Waals surface area contributed by atoms with Crippen LogP contribution in [0.2, 0.25) is 0 Å². The van der Waals surface area contributed by atoms with Gasteiger partial charge in [0.15, 0.2) is 0 Å². The molecule has 0 saturated heterocycles. The molecule has 1 aromatic carbocycles. The molecule has 0 aliphatic rings. The van der Waals surface area contributed by atoms with Gasteiger partial charge in [-0.3, -0.25) is 0 Å². The van der Waals surface area contributed by atoms with Crippen LogP contribution in [0.5, 0.6) is 5.75 Å². The second-order valence-corrected chi connectivity index (χ2v) is 5.41. The number of ether oxygens (including phenoxy) is 2. The summed E-state index contributed by atoms with van der Waals surface area (Å²) in [6, 6.07) is 9.89. The van der Waals surface area contributed by atoms with E-state index in [1.807, 2.05) is 35.7 Å². The molecule has 2 aromatic rings. The second kappa shape index (κ2) is 8.48. The highest BCUT2D eigenvalue weighted by Gasteiger charge is 1.99. The standard InChI is InChI=1S/C17H18O3S/c1-19-16-7-5-14(6-8-16)11-20-12-17-10-15(13-21-17)4-2-3-9-18/h5-8,10,13,18H,3,9,11-12H2,1H3. The molecule has 1 aromatic heterocycles. The maximum absolute atomic E-state index is 8.68. The van der Waals surface area contributed by atoms with E-state index in [1.165, 1.54) is 0 Å². The van der Waals surface area contributed by atoms with Gasteiger partial charge in [-0.15, -0.1) is 11.3 Å². The molecule has 4 heteroatoms. The van der Waals surface area contributed by atoms with Crippen LogP contribution in [0.25, 0.3) is 0 Å². The summed E-state index contributed by atoms with van der Waals surface area (Å²) in [5, 5.41) is 10.7. The molecule has 0 bridgehead atoms. The van der Waals surface area contributed by atoms with Crippen molar-refractivity contribution in [2.45, 2.75) is 19.6 Å². The number of benzene rings is 1. The number of aliphatic hydroxyl groups is 1. The molecule has 0 aliphatic carbocycles. The van der Waals surface area contributed by atoms with Crippen molar-refractivity contribution in [3.05, 3.63) is 51.7 Å². The second-order valence-electron chi connectivity index (χ2n) is 4.42. The van der Waals surface area contributed by atoms with Gasteiger partial charge < -0.3 is 14.6 Å². The van der Waals surface area contributed by atoms with Crippen molar-refractivity contribution in [1.82, 2.24) is 0 Å². The minimum atomic E-state index is 0.106. The topological polar surface area (TPSA) is 38.7 Å². The van der Waals surface area contributed by atoms with Gasteiger partial charge >= 0.3 is 0 Å². The number of hydrogen-bond donors (Lipinski definition) is 1. The fraction of sp³-hybridized carbons (Fsp3) is 0.294. The van der Waals surface area contributed by atoms with Gasteiger partial charge in [-0.25, -0.2) is 0 Å². The van der Waals surface area contributed by atoms with E-state index in [9.17, 15) is 0 Å². The van der Waals surface area contributed by atoms with Gasteiger partial charge in [-0.1, -0.05) is 24.0 Å². The lowest BCUT2D eigenvalue weighted by molar-refractivity contribution is 0.109. The average Bonchev–Trinajstić information content (AvgIpc) is 2.96. The first kappa shape index (κ1) is 15.6. The zero-order valence-electron chi connectivity index (χ0n) is 12.0. The molecular formula is C17H18O3S. The number of thiophene rings is 1. The van der Waals surface area contributed by atoms with E-state index in [-0.39, 0.29) is 6.61 Å². The van der Waals surface area contributed by atoms with Crippen LogP contribution in [0.15, 0.2) is 35.7 Å². The van der Waals surface area contributed by atoms with Gasteiger partial charge in [-0.2, -0.15) is 0 Å². The molecule has 1 heterocycles. The summed E-state index contributed by atoms with van der Waals surface area (Å²) in [4.78, 5) is 1.15. The van der Waals surface area contributed by atoms with E-state index in [4.69, 9.17) is 14.6 Å². The first-order chi connectivity index (χ1) is 10.3. The molecule has 0 unspecified atom stereocenters. The monoisotopic (exact) mass is 302 g/mol. The average molecular weight is 302 g/mol. The highest BCUT2D eigenvalue weighted by Crippen LogP contribution is 2.17. The predicted octanol–water partition coefficient (Wildman–Crippen LogP) is 3.21. The molecule has 21 heavy (non-hydrogen) atoms. The normalized spacial score (nSPS) is 10.0. The minimum absolute atomic E-state index is 0.106. The largest absolute Gasteiger partial charge is 0.497 e. The Kier molecular flexibility index (Phi) is 6.29. The van der Waals surface area contributed by atoms with Crippen molar-refractivity contribution in [2.75, 3.05) is 13.7 Å². The molecule has 2 rings (SSSR count). The van der Waals surface area contributed by atoms with Crippen LogP contribution < -0.4 is 4.74 Å². The molecule has 0 amide bonds. The van der Waals surface area contributed by atoms with Gasteiger partial charge in [0, 0.05) is 22.2 Å². The molecule has 0 fully saturated rings. The van der Waals surface area contributed by atoms with E-state index < -0.39 is 0 Å². The van der Waals surface area contributed by atoms with Crippen LogP contribution in [0, 0.1) is 11.8 Å². The van der Waals surface area contributed by atoms with E-state index in [0.717, 1.165) is 21.8 Å². The smallest absolute Gasteiger partial charge is 0.118 e. The van der Waals surface area contributed by atoms with Crippen molar-refractivity contribution in [1.29, 1.82) is 0 Å². The molecule has 0 aliphatic heterocycles. The van der Waals surface area contributed by atoms with Gasteiger partial charge in [0.25, 0.3) is 0 Å². The number of hydrogen-bond acceptors (Lipinski definition) is 4. The third-order valence-corrected chi connectivity index (χ3v) is 3.71. The summed E-state index contributed by atoms with van der Waals surface area (Å²) in [6.45, 7) is 1.26. The quantitative estimate of drug-likeness (QED) is 0.833. The number of methoxy groups -OCH3 is 1. The Balaban J connectivity index is 1.79. The zero-order chi connectivity index (χ0) is 14.9. The van der Waals surface area contributed by atoms with Gasteiger partial charge in [0.05, 0.1) is 26.9 Å². The van der Waals surface area contributed by atoms with Crippen molar-refractivity contribution >= 4 is 11.3 Å². The highest BCUT2D eigenvalue weighted by atomic mass is 32.1.